The highest BCUT2D eigenvalue weighted by atomic mass is 79.9. The SMILES string of the molecule is CCOc1cc(C2C3=C(CCCC3=O)N(CCC(=O)O)C3=C2C(=O)CCC3)cc(Br)c1OCc1ccc(C(=O)O)cc1. The number of aliphatic carboxylic acids is 1. The summed E-state index contributed by atoms with van der Waals surface area (Å²) >= 11 is 3.64. The van der Waals surface area contributed by atoms with E-state index < -0.39 is 17.9 Å². The summed E-state index contributed by atoms with van der Waals surface area (Å²) in [6, 6.07) is 10.1. The van der Waals surface area contributed by atoms with Crippen molar-refractivity contribution in [3.63, 3.8) is 0 Å². The van der Waals surface area contributed by atoms with Crippen molar-refractivity contribution < 1.29 is 38.9 Å². The van der Waals surface area contributed by atoms with E-state index in [2.05, 4.69) is 15.9 Å². The van der Waals surface area contributed by atoms with Crippen LogP contribution in [0.4, 0.5) is 0 Å². The van der Waals surface area contributed by atoms with Crippen LogP contribution in [0.1, 0.15) is 79.3 Å². The van der Waals surface area contributed by atoms with Gasteiger partial charge in [-0.1, -0.05) is 12.1 Å². The molecule has 2 aliphatic carbocycles. The monoisotopic (exact) mass is 637 g/mol. The molecule has 0 unspecified atom stereocenters. The highest BCUT2D eigenvalue weighted by Gasteiger charge is 2.43. The molecule has 0 amide bonds. The first-order valence-electron chi connectivity index (χ1n) is 14.1. The molecule has 0 spiro atoms. The minimum absolute atomic E-state index is 0.0225. The molecule has 3 aliphatic rings. The highest BCUT2D eigenvalue weighted by Crippen LogP contribution is 2.51. The van der Waals surface area contributed by atoms with E-state index in [1.54, 1.807) is 12.1 Å². The van der Waals surface area contributed by atoms with Crippen molar-refractivity contribution in [3.05, 3.63) is 80.1 Å². The molecule has 5 rings (SSSR count). The van der Waals surface area contributed by atoms with Crippen molar-refractivity contribution in [3.8, 4) is 11.5 Å². The van der Waals surface area contributed by atoms with Gasteiger partial charge in [-0.25, -0.2) is 4.79 Å². The molecule has 9 nitrogen and oxygen atoms in total. The van der Waals surface area contributed by atoms with Crippen molar-refractivity contribution in [1.82, 2.24) is 4.90 Å². The average Bonchev–Trinajstić information content (AvgIpc) is 2.95. The predicted octanol–water partition coefficient (Wildman–Crippen LogP) is 6.01. The summed E-state index contributed by atoms with van der Waals surface area (Å²) in [5, 5.41) is 18.6. The molecule has 0 fully saturated rings. The Hall–Kier alpha value is -3.92. The molecule has 220 valence electrons. The Morgan fingerprint density at radius 2 is 1.55 bits per heavy atom. The maximum absolute atomic E-state index is 13.5. The van der Waals surface area contributed by atoms with Crippen molar-refractivity contribution in [1.29, 1.82) is 0 Å². The Kier molecular flexibility index (Phi) is 8.82. The van der Waals surface area contributed by atoms with E-state index in [-0.39, 0.29) is 36.7 Å². The molecule has 1 heterocycles. The standard InChI is InChI=1S/C32H32BrNO8/c1-2-41-26-16-20(15-21(33)31(26)42-17-18-9-11-19(12-10-18)32(39)40)28-29-22(5-3-7-24(29)35)34(14-13-27(37)38)23-6-4-8-25(36)30(23)28/h9-12,15-16,28H,2-8,13-14,17H2,1H3,(H,37,38)(H,39,40). The number of carboxylic acids is 2. The zero-order chi connectivity index (χ0) is 30.0. The number of nitrogens with zero attached hydrogens (tertiary/aromatic N) is 1. The van der Waals surface area contributed by atoms with Gasteiger partial charge in [0, 0.05) is 47.8 Å². The second-order valence-electron chi connectivity index (χ2n) is 10.6. The van der Waals surface area contributed by atoms with Crippen LogP contribution in [0.3, 0.4) is 0 Å². The van der Waals surface area contributed by atoms with Gasteiger partial charge in [-0.3, -0.25) is 14.4 Å². The fourth-order valence-corrected chi connectivity index (χ4v) is 6.66. The molecule has 2 aromatic carbocycles. The van der Waals surface area contributed by atoms with Crippen LogP contribution < -0.4 is 9.47 Å². The molecule has 0 bridgehead atoms. The molecule has 42 heavy (non-hydrogen) atoms. The van der Waals surface area contributed by atoms with Gasteiger partial charge in [0.25, 0.3) is 0 Å². The topological polar surface area (TPSA) is 130 Å². The van der Waals surface area contributed by atoms with E-state index in [0.717, 1.165) is 22.5 Å². The maximum atomic E-state index is 13.5. The second-order valence-corrected chi connectivity index (χ2v) is 11.4. The lowest BCUT2D eigenvalue weighted by molar-refractivity contribution is -0.137. The van der Waals surface area contributed by atoms with Gasteiger partial charge in [0.05, 0.1) is 23.1 Å². The predicted molar refractivity (Wildman–Crippen MR) is 157 cm³/mol. The van der Waals surface area contributed by atoms with Crippen LogP contribution in [0.25, 0.3) is 0 Å². The fourth-order valence-electron chi connectivity index (χ4n) is 6.08. The van der Waals surface area contributed by atoms with Crippen LogP contribution in [0, 0.1) is 0 Å². The molecular formula is C32H32BrNO8. The Labute approximate surface area is 251 Å². The smallest absolute Gasteiger partial charge is 0.335 e. The number of carboxylic acid groups (broad SMARTS) is 2. The van der Waals surface area contributed by atoms with E-state index in [1.165, 1.54) is 12.1 Å². The number of benzene rings is 2. The summed E-state index contributed by atoms with van der Waals surface area (Å²) in [6.07, 6.45) is 3.30. The molecule has 0 saturated heterocycles. The number of Topliss-reactive ketones (excluding diaryl/α,β-unsaturated/α-hetero) is 2. The molecule has 0 atom stereocenters. The highest BCUT2D eigenvalue weighted by molar-refractivity contribution is 9.10. The Bertz CT molecular complexity index is 1460. The van der Waals surface area contributed by atoms with Gasteiger partial charge in [0.2, 0.25) is 0 Å². The number of rotatable bonds is 10. The molecule has 0 aromatic heterocycles. The Balaban J connectivity index is 1.56. The quantitative estimate of drug-likeness (QED) is 0.321. The Morgan fingerprint density at radius 3 is 2.10 bits per heavy atom. The number of ether oxygens (including phenoxy) is 2. The number of ketones is 2. The first-order valence-corrected chi connectivity index (χ1v) is 14.9. The van der Waals surface area contributed by atoms with E-state index in [9.17, 15) is 24.3 Å². The lowest BCUT2D eigenvalue weighted by Gasteiger charge is -2.44. The molecule has 0 radical (unpaired) electrons. The van der Waals surface area contributed by atoms with E-state index in [1.807, 2.05) is 24.0 Å². The molecule has 0 saturated carbocycles. The van der Waals surface area contributed by atoms with Gasteiger partial charge < -0.3 is 24.6 Å². The second kappa shape index (κ2) is 12.5. The number of hydrogen-bond donors (Lipinski definition) is 2. The number of hydrogen-bond acceptors (Lipinski definition) is 7. The van der Waals surface area contributed by atoms with Gasteiger partial charge in [0.15, 0.2) is 23.1 Å². The van der Waals surface area contributed by atoms with Gasteiger partial charge in [-0.2, -0.15) is 0 Å². The normalized spacial score (nSPS) is 17.2. The Morgan fingerprint density at radius 1 is 0.929 bits per heavy atom. The van der Waals surface area contributed by atoms with Crippen LogP contribution in [0.15, 0.2) is 63.4 Å². The summed E-state index contributed by atoms with van der Waals surface area (Å²) < 4.78 is 12.7. The molecule has 10 heteroatoms. The van der Waals surface area contributed by atoms with Crippen molar-refractivity contribution in [2.45, 2.75) is 64.4 Å². The molecular weight excluding hydrogens is 606 g/mol. The summed E-state index contributed by atoms with van der Waals surface area (Å²) in [5.74, 6) is -1.65. The van der Waals surface area contributed by atoms with Crippen LogP contribution in [0.5, 0.6) is 11.5 Å². The van der Waals surface area contributed by atoms with Gasteiger partial charge >= 0.3 is 11.9 Å². The zero-order valence-electron chi connectivity index (χ0n) is 23.3. The van der Waals surface area contributed by atoms with Gasteiger partial charge in [-0.05, 0) is 83.9 Å². The minimum atomic E-state index is -1.00. The third kappa shape index (κ3) is 5.86. The molecule has 2 aromatic rings. The van der Waals surface area contributed by atoms with Crippen LogP contribution in [0.2, 0.25) is 0 Å². The number of halogens is 1. The van der Waals surface area contributed by atoms with Crippen LogP contribution in [-0.2, 0) is 21.0 Å². The summed E-state index contributed by atoms with van der Waals surface area (Å²) in [7, 11) is 0. The lowest BCUT2D eigenvalue weighted by Crippen LogP contribution is -2.39. The largest absolute Gasteiger partial charge is 0.490 e. The third-order valence-corrected chi connectivity index (χ3v) is 8.47. The lowest BCUT2D eigenvalue weighted by atomic mass is 9.71. The van der Waals surface area contributed by atoms with E-state index >= 15 is 0 Å². The average molecular weight is 639 g/mol. The van der Waals surface area contributed by atoms with Crippen molar-refractivity contribution in [2.24, 2.45) is 0 Å². The third-order valence-electron chi connectivity index (χ3n) is 7.88. The first-order chi connectivity index (χ1) is 20.2. The molecule has 1 aliphatic heterocycles. The summed E-state index contributed by atoms with van der Waals surface area (Å²) in [4.78, 5) is 51.7. The minimum Gasteiger partial charge on any atom is -0.490 e. The fraction of sp³-hybridized carbons (Fsp3) is 0.375. The molecule has 2 N–H and O–H groups in total. The number of allylic oxidation sites excluding steroid dienone is 4. The van der Waals surface area contributed by atoms with Gasteiger partial charge in [-0.15, -0.1) is 0 Å². The van der Waals surface area contributed by atoms with Crippen LogP contribution in [-0.4, -0.2) is 51.8 Å². The van der Waals surface area contributed by atoms with Crippen molar-refractivity contribution >= 4 is 39.4 Å². The van der Waals surface area contributed by atoms with E-state index in [0.29, 0.717) is 72.2 Å². The first kappa shape index (κ1) is 29.6. The maximum Gasteiger partial charge on any atom is 0.335 e. The summed E-state index contributed by atoms with van der Waals surface area (Å²) in [6.45, 7) is 2.59. The number of carbonyl (C=O) groups is 4. The van der Waals surface area contributed by atoms with Gasteiger partial charge in [0.1, 0.15) is 6.61 Å². The van der Waals surface area contributed by atoms with Crippen molar-refractivity contribution in [2.75, 3.05) is 13.2 Å². The zero-order valence-corrected chi connectivity index (χ0v) is 24.9. The number of aromatic carboxylic acids is 1. The number of carbonyl (C=O) groups excluding carboxylic acids is 2. The van der Waals surface area contributed by atoms with E-state index in [4.69, 9.17) is 14.6 Å². The van der Waals surface area contributed by atoms with Crippen LogP contribution >= 0.6 is 15.9 Å². The summed E-state index contributed by atoms with van der Waals surface area (Å²) in [5.41, 5.74) is 4.48.